The fourth-order valence-electron chi connectivity index (χ4n) is 1.21. The van der Waals surface area contributed by atoms with E-state index in [2.05, 4.69) is 14.6 Å². The monoisotopic (exact) mass is 213 g/mol. The zero-order valence-corrected chi connectivity index (χ0v) is 9.69. The van der Waals surface area contributed by atoms with Crippen LogP contribution in [0.5, 0.6) is 11.5 Å². The number of nitrogens with one attached hydrogen (secondary N) is 1. The SMILES string of the molecule is COc1ccc(CNCP)cc1OC. The first-order valence-corrected chi connectivity index (χ1v) is 5.25. The molecule has 0 aliphatic rings. The first-order valence-electron chi connectivity index (χ1n) is 4.43. The molecule has 1 N–H and O–H groups in total. The number of hydrogen-bond acceptors (Lipinski definition) is 3. The molecule has 4 heteroatoms. The van der Waals surface area contributed by atoms with E-state index in [4.69, 9.17) is 9.47 Å². The van der Waals surface area contributed by atoms with E-state index in [0.29, 0.717) is 0 Å². The van der Waals surface area contributed by atoms with Gasteiger partial charge in [0.1, 0.15) is 0 Å². The van der Waals surface area contributed by atoms with Crippen LogP contribution in [0.25, 0.3) is 0 Å². The van der Waals surface area contributed by atoms with Gasteiger partial charge in [-0.15, -0.1) is 9.24 Å². The Bertz CT molecular complexity index is 291. The molecule has 0 aromatic heterocycles. The van der Waals surface area contributed by atoms with Crippen molar-refractivity contribution in [1.82, 2.24) is 5.32 Å². The Hall–Kier alpha value is -0.790. The highest BCUT2D eigenvalue weighted by Gasteiger charge is 2.03. The topological polar surface area (TPSA) is 30.5 Å². The molecule has 1 aromatic carbocycles. The maximum Gasteiger partial charge on any atom is 0.161 e. The van der Waals surface area contributed by atoms with E-state index >= 15 is 0 Å². The predicted molar refractivity (Wildman–Crippen MR) is 61.0 cm³/mol. The molecule has 0 aliphatic heterocycles. The van der Waals surface area contributed by atoms with Crippen molar-refractivity contribution in [3.63, 3.8) is 0 Å². The highest BCUT2D eigenvalue weighted by molar-refractivity contribution is 7.16. The zero-order valence-electron chi connectivity index (χ0n) is 8.54. The minimum Gasteiger partial charge on any atom is -0.493 e. The molecule has 0 fully saturated rings. The van der Waals surface area contributed by atoms with Gasteiger partial charge in [0, 0.05) is 12.8 Å². The van der Waals surface area contributed by atoms with Crippen LogP contribution in [0.3, 0.4) is 0 Å². The summed E-state index contributed by atoms with van der Waals surface area (Å²) < 4.78 is 10.3. The van der Waals surface area contributed by atoms with Crippen molar-refractivity contribution in [1.29, 1.82) is 0 Å². The molecule has 0 heterocycles. The van der Waals surface area contributed by atoms with Crippen LogP contribution in [0, 0.1) is 0 Å². The third-order valence-corrected chi connectivity index (χ3v) is 2.21. The van der Waals surface area contributed by atoms with Crippen LogP contribution in [-0.4, -0.2) is 20.5 Å². The fourth-order valence-corrected chi connectivity index (χ4v) is 1.35. The molecular formula is C10H16NO2P. The summed E-state index contributed by atoms with van der Waals surface area (Å²) in [5, 5.41) is 3.22. The second-order valence-electron chi connectivity index (χ2n) is 2.82. The van der Waals surface area contributed by atoms with Gasteiger partial charge in [0.05, 0.1) is 14.2 Å². The van der Waals surface area contributed by atoms with Crippen LogP contribution in [0.2, 0.25) is 0 Å². The summed E-state index contributed by atoms with van der Waals surface area (Å²) in [6.45, 7) is 0.837. The van der Waals surface area contributed by atoms with Gasteiger partial charge < -0.3 is 14.8 Å². The number of rotatable bonds is 5. The van der Waals surface area contributed by atoms with Crippen molar-refractivity contribution in [2.45, 2.75) is 6.54 Å². The quantitative estimate of drug-likeness (QED) is 0.754. The highest BCUT2D eigenvalue weighted by Crippen LogP contribution is 2.27. The molecule has 78 valence electrons. The smallest absolute Gasteiger partial charge is 0.161 e. The standard InChI is InChI=1S/C10H16NO2P/c1-12-9-4-3-8(6-11-7-14)5-10(9)13-2/h3-5,11H,6-7,14H2,1-2H3. The van der Waals surface area contributed by atoms with Gasteiger partial charge >= 0.3 is 0 Å². The van der Waals surface area contributed by atoms with Gasteiger partial charge in [0.2, 0.25) is 0 Å². The number of methoxy groups -OCH3 is 2. The lowest BCUT2D eigenvalue weighted by molar-refractivity contribution is 0.354. The number of benzene rings is 1. The number of hydrogen-bond donors (Lipinski definition) is 1. The van der Waals surface area contributed by atoms with E-state index in [-0.39, 0.29) is 0 Å². The summed E-state index contributed by atoms with van der Waals surface area (Å²) in [6, 6.07) is 5.92. The average Bonchev–Trinajstić information content (AvgIpc) is 2.25. The van der Waals surface area contributed by atoms with Crippen molar-refractivity contribution in [3.8, 4) is 11.5 Å². The molecule has 1 atom stereocenters. The normalized spacial score (nSPS) is 9.93. The second-order valence-corrected chi connectivity index (χ2v) is 3.23. The van der Waals surface area contributed by atoms with Gasteiger partial charge in [-0.2, -0.15) is 0 Å². The summed E-state index contributed by atoms with van der Waals surface area (Å²) in [4.78, 5) is 0. The maximum absolute atomic E-state index is 5.20. The van der Waals surface area contributed by atoms with Crippen molar-refractivity contribution in [2.24, 2.45) is 0 Å². The molecule has 0 amide bonds. The Labute approximate surface area is 87.0 Å². The summed E-state index contributed by atoms with van der Waals surface area (Å²) in [5.74, 6) is 1.54. The van der Waals surface area contributed by atoms with Gasteiger partial charge in [-0.3, -0.25) is 0 Å². The van der Waals surface area contributed by atoms with Gasteiger partial charge in [-0.1, -0.05) is 6.07 Å². The molecule has 0 bridgehead atoms. The Morgan fingerprint density at radius 2 is 1.93 bits per heavy atom. The van der Waals surface area contributed by atoms with E-state index in [1.807, 2.05) is 18.2 Å². The predicted octanol–water partition coefficient (Wildman–Crippen LogP) is 1.63. The summed E-state index contributed by atoms with van der Waals surface area (Å²) in [5.41, 5.74) is 1.19. The summed E-state index contributed by atoms with van der Waals surface area (Å²) in [7, 11) is 5.91. The van der Waals surface area contributed by atoms with Crippen LogP contribution in [0.15, 0.2) is 18.2 Å². The molecule has 0 saturated carbocycles. The van der Waals surface area contributed by atoms with Crippen molar-refractivity contribution in [2.75, 3.05) is 20.5 Å². The largest absolute Gasteiger partial charge is 0.493 e. The van der Waals surface area contributed by atoms with Crippen molar-refractivity contribution < 1.29 is 9.47 Å². The van der Waals surface area contributed by atoms with Crippen LogP contribution in [0.1, 0.15) is 5.56 Å². The van der Waals surface area contributed by atoms with E-state index in [9.17, 15) is 0 Å². The lowest BCUT2D eigenvalue weighted by Gasteiger charge is -2.09. The molecule has 3 nitrogen and oxygen atoms in total. The molecule has 1 aromatic rings. The minimum absolute atomic E-state index is 0.766. The summed E-state index contributed by atoms with van der Waals surface area (Å²) in [6.07, 6.45) is 0.883. The Morgan fingerprint density at radius 1 is 1.21 bits per heavy atom. The van der Waals surface area contributed by atoms with E-state index in [1.165, 1.54) is 5.56 Å². The third-order valence-electron chi connectivity index (χ3n) is 1.92. The zero-order chi connectivity index (χ0) is 10.4. The van der Waals surface area contributed by atoms with E-state index in [1.54, 1.807) is 14.2 Å². The van der Waals surface area contributed by atoms with Crippen LogP contribution >= 0.6 is 9.24 Å². The fraction of sp³-hybridized carbons (Fsp3) is 0.400. The van der Waals surface area contributed by atoms with Crippen molar-refractivity contribution >= 4 is 9.24 Å². The van der Waals surface area contributed by atoms with Gasteiger partial charge in [-0.25, -0.2) is 0 Å². The molecule has 1 rings (SSSR count). The molecule has 14 heavy (non-hydrogen) atoms. The lowest BCUT2D eigenvalue weighted by Crippen LogP contribution is -2.09. The van der Waals surface area contributed by atoms with Gasteiger partial charge in [0.15, 0.2) is 11.5 Å². The Kier molecular flexibility index (Phi) is 4.71. The first-order chi connectivity index (χ1) is 6.81. The second kappa shape index (κ2) is 5.84. The van der Waals surface area contributed by atoms with Crippen LogP contribution < -0.4 is 14.8 Å². The molecule has 1 unspecified atom stereocenters. The van der Waals surface area contributed by atoms with E-state index in [0.717, 1.165) is 24.3 Å². The Morgan fingerprint density at radius 3 is 2.50 bits per heavy atom. The molecule has 0 radical (unpaired) electrons. The van der Waals surface area contributed by atoms with Crippen molar-refractivity contribution in [3.05, 3.63) is 23.8 Å². The van der Waals surface area contributed by atoms with Crippen LogP contribution in [0.4, 0.5) is 0 Å². The average molecular weight is 213 g/mol. The first kappa shape index (κ1) is 11.3. The van der Waals surface area contributed by atoms with Gasteiger partial charge in [0.25, 0.3) is 0 Å². The molecule has 0 aliphatic carbocycles. The number of ether oxygens (including phenoxy) is 2. The Balaban J connectivity index is 2.79. The minimum atomic E-state index is 0.766. The molecule has 0 saturated heterocycles. The molecule has 0 spiro atoms. The van der Waals surface area contributed by atoms with Gasteiger partial charge in [-0.05, 0) is 17.7 Å². The lowest BCUT2D eigenvalue weighted by atomic mass is 10.2. The third kappa shape index (κ3) is 2.86. The van der Waals surface area contributed by atoms with Crippen LogP contribution in [-0.2, 0) is 6.54 Å². The summed E-state index contributed by atoms with van der Waals surface area (Å²) >= 11 is 0. The maximum atomic E-state index is 5.20. The highest BCUT2D eigenvalue weighted by atomic mass is 31.0. The van der Waals surface area contributed by atoms with E-state index < -0.39 is 0 Å². The molecular weight excluding hydrogens is 197 g/mol.